The second-order valence-electron chi connectivity index (χ2n) is 4.46. The quantitative estimate of drug-likeness (QED) is 0.832. The lowest BCUT2D eigenvalue weighted by atomic mass is 10.2. The van der Waals surface area contributed by atoms with Crippen LogP contribution in [0.5, 0.6) is 0 Å². The Morgan fingerprint density at radius 3 is 2.79 bits per heavy atom. The van der Waals surface area contributed by atoms with E-state index in [2.05, 4.69) is 26.4 Å². The minimum absolute atomic E-state index is 0.165. The Hall–Kier alpha value is -1.37. The Morgan fingerprint density at radius 1 is 1.42 bits per heavy atom. The molecular formula is C12H16BrN3O3. The molecule has 0 radical (unpaired) electrons. The molecule has 0 atom stereocenters. The van der Waals surface area contributed by atoms with Gasteiger partial charge in [0.1, 0.15) is 4.60 Å². The van der Waals surface area contributed by atoms with Crippen molar-refractivity contribution in [2.75, 3.05) is 19.6 Å². The topological polar surface area (TPSA) is 75.4 Å². The molecule has 1 aliphatic rings. The highest BCUT2D eigenvalue weighted by Gasteiger charge is 2.17. The zero-order valence-corrected chi connectivity index (χ0v) is 12.1. The normalized spacial score (nSPS) is 14.7. The van der Waals surface area contributed by atoms with E-state index in [9.17, 15) is 9.59 Å². The summed E-state index contributed by atoms with van der Waals surface area (Å²) in [6, 6.07) is 1.50. The van der Waals surface area contributed by atoms with Gasteiger partial charge < -0.3 is 14.7 Å². The molecule has 0 aliphatic carbocycles. The second-order valence-corrected chi connectivity index (χ2v) is 5.27. The maximum Gasteiger partial charge on any atom is 0.289 e. The third-order valence-corrected chi connectivity index (χ3v) is 3.39. The van der Waals surface area contributed by atoms with Gasteiger partial charge in [-0.05, 0) is 35.2 Å². The number of nitrogens with one attached hydrogen (secondary N) is 1. The fourth-order valence-corrected chi connectivity index (χ4v) is 2.29. The van der Waals surface area contributed by atoms with E-state index in [1.165, 1.54) is 6.07 Å². The van der Waals surface area contributed by atoms with Crippen molar-refractivity contribution in [1.82, 2.24) is 15.4 Å². The lowest BCUT2D eigenvalue weighted by Gasteiger charge is -2.14. The van der Waals surface area contributed by atoms with Crippen molar-refractivity contribution in [2.45, 2.75) is 25.7 Å². The van der Waals surface area contributed by atoms with Crippen molar-refractivity contribution < 1.29 is 14.1 Å². The van der Waals surface area contributed by atoms with Gasteiger partial charge in [0, 0.05) is 32.1 Å². The molecule has 1 aromatic heterocycles. The van der Waals surface area contributed by atoms with Crippen LogP contribution in [0.25, 0.3) is 0 Å². The van der Waals surface area contributed by atoms with Gasteiger partial charge in [0.05, 0.1) is 0 Å². The summed E-state index contributed by atoms with van der Waals surface area (Å²) in [6.45, 7) is 2.20. The predicted octanol–water partition coefficient (Wildman–Crippen LogP) is 1.57. The fraction of sp³-hybridized carbons (Fsp3) is 0.583. The van der Waals surface area contributed by atoms with E-state index in [-0.39, 0.29) is 17.6 Å². The number of likely N-dealkylation sites (tertiary alicyclic amines) is 1. The molecule has 0 bridgehead atoms. The molecule has 0 saturated carbocycles. The molecule has 104 valence electrons. The van der Waals surface area contributed by atoms with Gasteiger partial charge in [0.25, 0.3) is 5.91 Å². The summed E-state index contributed by atoms with van der Waals surface area (Å²) in [5, 5.41) is 6.26. The summed E-state index contributed by atoms with van der Waals surface area (Å²) in [4.78, 5) is 25.2. The van der Waals surface area contributed by atoms with Crippen LogP contribution in [0.15, 0.2) is 15.2 Å². The van der Waals surface area contributed by atoms with Crippen LogP contribution < -0.4 is 5.32 Å². The number of rotatable bonds is 5. The molecule has 6 nitrogen and oxygen atoms in total. The summed E-state index contributed by atoms with van der Waals surface area (Å²) in [5.74, 6) is 0.0266. The number of halogens is 1. The van der Waals surface area contributed by atoms with Crippen LogP contribution in [-0.2, 0) is 4.79 Å². The van der Waals surface area contributed by atoms with Gasteiger partial charge in [-0.2, -0.15) is 0 Å². The molecule has 0 spiro atoms. The summed E-state index contributed by atoms with van der Waals surface area (Å²) in [6.07, 6.45) is 3.31. The van der Waals surface area contributed by atoms with E-state index in [1.54, 1.807) is 0 Å². The van der Waals surface area contributed by atoms with Crippen LogP contribution in [-0.4, -0.2) is 41.5 Å². The van der Waals surface area contributed by atoms with E-state index in [4.69, 9.17) is 4.52 Å². The third kappa shape index (κ3) is 4.05. The second kappa shape index (κ2) is 6.70. The van der Waals surface area contributed by atoms with Crippen LogP contribution in [0, 0.1) is 0 Å². The van der Waals surface area contributed by atoms with E-state index in [0.29, 0.717) is 24.0 Å². The molecule has 1 N–H and O–H groups in total. The zero-order valence-electron chi connectivity index (χ0n) is 10.5. The molecule has 1 aliphatic heterocycles. The van der Waals surface area contributed by atoms with Gasteiger partial charge in [-0.15, -0.1) is 0 Å². The van der Waals surface area contributed by atoms with Gasteiger partial charge >= 0.3 is 0 Å². The molecule has 1 fully saturated rings. The molecule has 1 saturated heterocycles. The SMILES string of the molecule is O=C(NCCCC(=O)N1CCCC1)c1cc(Br)no1. The Labute approximate surface area is 119 Å². The summed E-state index contributed by atoms with van der Waals surface area (Å²) in [5.41, 5.74) is 0. The maximum absolute atomic E-state index is 11.7. The minimum Gasteiger partial charge on any atom is -0.350 e. The van der Waals surface area contributed by atoms with E-state index >= 15 is 0 Å². The lowest BCUT2D eigenvalue weighted by molar-refractivity contribution is -0.130. The number of hydrogen-bond donors (Lipinski definition) is 1. The highest BCUT2D eigenvalue weighted by Crippen LogP contribution is 2.10. The number of aromatic nitrogens is 1. The van der Waals surface area contributed by atoms with Crippen LogP contribution in [0.3, 0.4) is 0 Å². The first kappa shape index (κ1) is 14.0. The van der Waals surface area contributed by atoms with Crippen LogP contribution in [0.4, 0.5) is 0 Å². The number of amides is 2. The molecule has 19 heavy (non-hydrogen) atoms. The molecule has 0 unspecified atom stereocenters. The largest absolute Gasteiger partial charge is 0.350 e. The smallest absolute Gasteiger partial charge is 0.289 e. The fourth-order valence-electron chi connectivity index (χ4n) is 2.01. The molecule has 7 heteroatoms. The monoisotopic (exact) mass is 329 g/mol. The molecule has 0 aromatic carbocycles. The highest BCUT2D eigenvalue weighted by atomic mass is 79.9. The number of carbonyl (C=O) groups is 2. The first-order valence-electron chi connectivity index (χ1n) is 6.35. The van der Waals surface area contributed by atoms with Crippen molar-refractivity contribution in [3.8, 4) is 0 Å². The van der Waals surface area contributed by atoms with Crippen molar-refractivity contribution in [3.05, 3.63) is 16.4 Å². The molecule has 2 rings (SSSR count). The first-order chi connectivity index (χ1) is 9.16. The molecule has 2 heterocycles. The van der Waals surface area contributed by atoms with Crippen molar-refractivity contribution in [3.63, 3.8) is 0 Å². The van der Waals surface area contributed by atoms with Gasteiger partial charge in [0.2, 0.25) is 11.7 Å². The zero-order chi connectivity index (χ0) is 13.7. The van der Waals surface area contributed by atoms with Gasteiger partial charge in [0.15, 0.2) is 0 Å². The van der Waals surface area contributed by atoms with Crippen molar-refractivity contribution in [1.29, 1.82) is 0 Å². The maximum atomic E-state index is 11.7. The van der Waals surface area contributed by atoms with Gasteiger partial charge in [-0.25, -0.2) is 0 Å². The summed E-state index contributed by atoms with van der Waals surface area (Å²) < 4.78 is 5.29. The van der Waals surface area contributed by atoms with E-state index < -0.39 is 0 Å². The first-order valence-corrected chi connectivity index (χ1v) is 7.14. The average Bonchev–Trinajstić information content (AvgIpc) is 3.04. The van der Waals surface area contributed by atoms with E-state index in [1.807, 2.05) is 4.90 Å². The highest BCUT2D eigenvalue weighted by molar-refractivity contribution is 9.10. The number of carbonyl (C=O) groups excluding carboxylic acids is 2. The van der Waals surface area contributed by atoms with Crippen molar-refractivity contribution >= 4 is 27.7 Å². The average molecular weight is 330 g/mol. The summed E-state index contributed by atoms with van der Waals surface area (Å²) in [7, 11) is 0. The van der Waals surface area contributed by atoms with Crippen LogP contribution >= 0.6 is 15.9 Å². The van der Waals surface area contributed by atoms with Gasteiger partial charge in [-0.1, -0.05) is 5.16 Å². The standard InChI is InChI=1S/C12H16BrN3O3/c13-10-8-9(19-15-10)12(18)14-5-3-4-11(17)16-6-1-2-7-16/h8H,1-7H2,(H,14,18). The number of hydrogen-bond acceptors (Lipinski definition) is 4. The van der Waals surface area contributed by atoms with E-state index in [0.717, 1.165) is 25.9 Å². The molecule has 1 aromatic rings. The Bertz CT molecular complexity index is 455. The Balaban J connectivity index is 1.63. The van der Waals surface area contributed by atoms with Crippen LogP contribution in [0.1, 0.15) is 36.2 Å². The van der Waals surface area contributed by atoms with Crippen molar-refractivity contribution in [2.24, 2.45) is 0 Å². The molecule has 2 amide bonds. The predicted molar refractivity (Wildman–Crippen MR) is 71.6 cm³/mol. The van der Waals surface area contributed by atoms with Gasteiger partial charge in [-0.3, -0.25) is 9.59 Å². The lowest BCUT2D eigenvalue weighted by Crippen LogP contribution is -2.29. The third-order valence-electron chi connectivity index (χ3n) is 3.02. The molecular weight excluding hydrogens is 314 g/mol. The Kier molecular flexibility index (Phi) is 4.95. The summed E-state index contributed by atoms with van der Waals surface area (Å²) >= 11 is 3.10. The van der Waals surface area contributed by atoms with Crippen LogP contribution in [0.2, 0.25) is 0 Å². The minimum atomic E-state index is -0.313. The Morgan fingerprint density at radius 2 is 2.16 bits per heavy atom. The number of nitrogens with zero attached hydrogens (tertiary/aromatic N) is 2.